The number of carboxylic acid groups (broad SMARTS) is 1. The smallest absolute Gasteiger partial charge is 0.335 e. The van der Waals surface area contributed by atoms with Gasteiger partial charge in [-0.05, 0) is 37.1 Å². The van der Waals surface area contributed by atoms with Crippen molar-refractivity contribution in [3.05, 3.63) is 29.8 Å². The average molecular weight is 280 g/mol. The zero-order valence-electron chi connectivity index (χ0n) is 11.3. The summed E-state index contributed by atoms with van der Waals surface area (Å²) < 4.78 is 5.49. The minimum absolute atomic E-state index is 0.207. The molecule has 1 aliphatic rings. The Kier molecular flexibility index (Phi) is 4.62. The Hall–Kier alpha value is -1.59. The second-order valence-electron chi connectivity index (χ2n) is 5.29. The molecule has 2 rings (SSSR count). The topological polar surface area (TPSA) is 87.0 Å². The molecule has 1 fully saturated rings. The predicted octanol–water partition coefficient (Wildman–Crippen LogP) is 1.82. The van der Waals surface area contributed by atoms with Crippen LogP contribution in [0.5, 0.6) is 5.75 Å². The van der Waals surface area contributed by atoms with Gasteiger partial charge < -0.3 is 20.1 Å². The molecule has 110 valence electrons. The van der Waals surface area contributed by atoms with Crippen LogP contribution in [0, 0.1) is 0 Å². The van der Waals surface area contributed by atoms with Gasteiger partial charge in [-0.25, -0.2) is 4.79 Å². The summed E-state index contributed by atoms with van der Waals surface area (Å²) in [6.45, 7) is 0.292. The van der Waals surface area contributed by atoms with E-state index < -0.39 is 17.7 Å². The summed E-state index contributed by atoms with van der Waals surface area (Å²) in [6, 6.07) is 6.12. The highest BCUT2D eigenvalue weighted by Gasteiger charge is 2.37. The first kappa shape index (κ1) is 14.8. The van der Waals surface area contributed by atoms with Crippen molar-refractivity contribution in [1.82, 2.24) is 0 Å². The quantitative estimate of drug-likeness (QED) is 0.766. The van der Waals surface area contributed by atoms with Crippen molar-refractivity contribution in [1.29, 1.82) is 0 Å². The van der Waals surface area contributed by atoms with Crippen molar-refractivity contribution in [3.63, 3.8) is 0 Å². The predicted molar refractivity (Wildman–Crippen MR) is 72.9 cm³/mol. The molecule has 5 nitrogen and oxygen atoms in total. The standard InChI is InChI=1S/C15H20O5/c16-13-3-1-2-8-15(13,19)9-10-20-12-6-4-11(5-7-12)14(17)18/h4-7,13,16,19H,1-3,8-10H2,(H,17,18)/t13-,15-/m0/s1. The van der Waals surface area contributed by atoms with Crippen LogP contribution in [-0.2, 0) is 0 Å². The molecule has 0 aliphatic heterocycles. The third kappa shape index (κ3) is 3.49. The zero-order valence-corrected chi connectivity index (χ0v) is 11.3. The van der Waals surface area contributed by atoms with Crippen LogP contribution in [0.4, 0.5) is 0 Å². The molecule has 0 amide bonds. The van der Waals surface area contributed by atoms with Gasteiger partial charge in [0.1, 0.15) is 5.75 Å². The monoisotopic (exact) mass is 280 g/mol. The lowest BCUT2D eigenvalue weighted by Gasteiger charge is -2.36. The van der Waals surface area contributed by atoms with Crippen molar-refractivity contribution < 1.29 is 24.9 Å². The van der Waals surface area contributed by atoms with Crippen LogP contribution in [0.25, 0.3) is 0 Å². The summed E-state index contributed by atoms with van der Waals surface area (Å²) in [4.78, 5) is 10.7. The lowest BCUT2D eigenvalue weighted by Crippen LogP contribution is -2.45. The van der Waals surface area contributed by atoms with Gasteiger partial charge in [0, 0.05) is 6.42 Å². The molecule has 1 aromatic rings. The summed E-state index contributed by atoms with van der Waals surface area (Å²) in [5, 5.41) is 29.0. The van der Waals surface area contributed by atoms with Gasteiger partial charge in [-0.1, -0.05) is 12.8 Å². The van der Waals surface area contributed by atoms with Gasteiger partial charge in [0.2, 0.25) is 0 Å². The molecule has 5 heteroatoms. The van der Waals surface area contributed by atoms with Gasteiger partial charge in [0.05, 0.1) is 23.9 Å². The van der Waals surface area contributed by atoms with Crippen LogP contribution < -0.4 is 4.74 Å². The molecule has 0 saturated heterocycles. The van der Waals surface area contributed by atoms with Crippen LogP contribution in [0.15, 0.2) is 24.3 Å². The Bertz CT molecular complexity index is 456. The summed E-state index contributed by atoms with van der Waals surface area (Å²) in [5.74, 6) is -0.417. The van der Waals surface area contributed by atoms with E-state index in [1.165, 1.54) is 12.1 Å². The van der Waals surface area contributed by atoms with Crippen molar-refractivity contribution in [2.45, 2.75) is 43.8 Å². The number of aromatic carboxylic acids is 1. The molecular formula is C15H20O5. The minimum atomic E-state index is -1.06. The van der Waals surface area contributed by atoms with Gasteiger partial charge in [-0.15, -0.1) is 0 Å². The Morgan fingerprint density at radius 1 is 1.30 bits per heavy atom. The SMILES string of the molecule is O=C(O)c1ccc(OCC[C@@]2(O)CCCC[C@@H]2O)cc1. The number of rotatable bonds is 5. The van der Waals surface area contributed by atoms with E-state index in [1.807, 2.05) is 0 Å². The van der Waals surface area contributed by atoms with Crippen molar-refractivity contribution in [3.8, 4) is 5.75 Å². The Balaban J connectivity index is 1.84. The Morgan fingerprint density at radius 3 is 2.60 bits per heavy atom. The van der Waals surface area contributed by atoms with Gasteiger partial charge >= 0.3 is 5.97 Å². The summed E-state index contributed by atoms with van der Waals surface area (Å²) in [5.41, 5.74) is -0.849. The Labute approximate surface area is 117 Å². The number of aliphatic hydroxyl groups is 2. The first-order valence-electron chi connectivity index (χ1n) is 6.88. The highest BCUT2D eigenvalue weighted by Crippen LogP contribution is 2.31. The number of benzene rings is 1. The number of ether oxygens (including phenoxy) is 1. The normalized spacial score (nSPS) is 26.2. The fraction of sp³-hybridized carbons (Fsp3) is 0.533. The molecule has 0 spiro atoms. The molecule has 20 heavy (non-hydrogen) atoms. The lowest BCUT2D eigenvalue weighted by molar-refractivity contribution is -0.109. The zero-order chi connectivity index (χ0) is 14.6. The maximum absolute atomic E-state index is 10.7. The highest BCUT2D eigenvalue weighted by molar-refractivity contribution is 5.87. The fourth-order valence-electron chi connectivity index (χ4n) is 2.54. The molecule has 2 atom stereocenters. The van der Waals surface area contributed by atoms with E-state index in [9.17, 15) is 15.0 Å². The fourth-order valence-corrected chi connectivity index (χ4v) is 2.54. The van der Waals surface area contributed by atoms with Gasteiger partial charge in [0.25, 0.3) is 0 Å². The number of carbonyl (C=O) groups is 1. The summed E-state index contributed by atoms with van der Waals surface area (Å²) in [6.07, 6.45) is 2.77. The van der Waals surface area contributed by atoms with E-state index in [0.717, 1.165) is 12.8 Å². The first-order chi connectivity index (χ1) is 9.51. The van der Waals surface area contributed by atoms with E-state index in [2.05, 4.69) is 0 Å². The number of aliphatic hydroxyl groups excluding tert-OH is 1. The van der Waals surface area contributed by atoms with Gasteiger partial charge in [0.15, 0.2) is 0 Å². The van der Waals surface area contributed by atoms with E-state index >= 15 is 0 Å². The van der Waals surface area contributed by atoms with Crippen LogP contribution in [0.2, 0.25) is 0 Å². The van der Waals surface area contributed by atoms with E-state index in [1.54, 1.807) is 12.1 Å². The molecule has 0 bridgehead atoms. The molecule has 1 saturated carbocycles. The summed E-state index contributed by atoms with van der Waals surface area (Å²) >= 11 is 0. The number of hydrogen-bond donors (Lipinski definition) is 3. The van der Waals surface area contributed by atoms with Gasteiger partial charge in [-0.3, -0.25) is 0 Å². The summed E-state index contributed by atoms with van der Waals surface area (Å²) in [7, 11) is 0. The van der Waals surface area contributed by atoms with Crippen LogP contribution >= 0.6 is 0 Å². The van der Waals surface area contributed by atoms with E-state index in [4.69, 9.17) is 9.84 Å². The second kappa shape index (κ2) is 6.24. The molecule has 0 unspecified atom stereocenters. The minimum Gasteiger partial charge on any atom is -0.493 e. The highest BCUT2D eigenvalue weighted by atomic mass is 16.5. The van der Waals surface area contributed by atoms with Crippen LogP contribution in [0.1, 0.15) is 42.5 Å². The Morgan fingerprint density at radius 2 is 2.00 bits per heavy atom. The largest absolute Gasteiger partial charge is 0.493 e. The molecule has 1 aromatic carbocycles. The molecule has 0 aromatic heterocycles. The third-order valence-electron chi connectivity index (χ3n) is 3.86. The van der Waals surface area contributed by atoms with Crippen molar-refractivity contribution >= 4 is 5.97 Å². The van der Waals surface area contributed by atoms with Gasteiger partial charge in [-0.2, -0.15) is 0 Å². The second-order valence-corrected chi connectivity index (χ2v) is 5.29. The van der Waals surface area contributed by atoms with Crippen LogP contribution in [-0.4, -0.2) is 39.6 Å². The average Bonchev–Trinajstić information content (AvgIpc) is 2.43. The maximum atomic E-state index is 10.7. The maximum Gasteiger partial charge on any atom is 0.335 e. The molecule has 3 N–H and O–H groups in total. The van der Waals surface area contributed by atoms with E-state index in [-0.39, 0.29) is 5.56 Å². The third-order valence-corrected chi connectivity index (χ3v) is 3.86. The van der Waals surface area contributed by atoms with Crippen molar-refractivity contribution in [2.75, 3.05) is 6.61 Å². The number of carboxylic acids is 1. The van der Waals surface area contributed by atoms with Crippen molar-refractivity contribution in [2.24, 2.45) is 0 Å². The molecule has 1 aliphatic carbocycles. The number of hydrogen-bond acceptors (Lipinski definition) is 4. The molecular weight excluding hydrogens is 260 g/mol. The van der Waals surface area contributed by atoms with Crippen LogP contribution in [0.3, 0.4) is 0 Å². The van der Waals surface area contributed by atoms with E-state index in [0.29, 0.717) is 31.6 Å². The first-order valence-corrected chi connectivity index (χ1v) is 6.88. The lowest BCUT2D eigenvalue weighted by atomic mass is 9.80. The molecule has 0 heterocycles. The molecule has 0 radical (unpaired) electrons.